The third-order valence-corrected chi connectivity index (χ3v) is 3.36. The molecule has 0 atom stereocenters. The van der Waals surface area contributed by atoms with Gasteiger partial charge in [0.05, 0.1) is 25.5 Å². The van der Waals surface area contributed by atoms with E-state index in [9.17, 15) is 0 Å². The van der Waals surface area contributed by atoms with Crippen molar-refractivity contribution in [3.8, 4) is 0 Å². The molecule has 1 fully saturated rings. The van der Waals surface area contributed by atoms with Crippen molar-refractivity contribution in [1.29, 1.82) is 0 Å². The number of methoxy groups -OCH3 is 1. The van der Waals surface area contributed by atoms with Crippen molar-refractivity contribution in [2.24, 2.45) is 0 Å². The first-order valence-corrected chi connectivity index (χ1v) is 6.37. The van der Waals surface area contributed by atoms with Crippen LogP contribution in [0.4, 0.5) is 0 Å². The third kappa shape index (κ3) is 2.85. The first-order valence-electron chi connectivity index (χ1n) is 6.37. The van der Waals surface area contributed by atoms with E-state index in [2.05, 4.69) is 9.97 Å². The van der Waals surface area contributed by atoms with Gasteiger partial charge in [-0.2, -0.15) is 0 Å². The van der Waals surface area contributed by atoms with Gasteiger partial charge in [-0.3, -0.25) is 0 Å². The van der Waals surface area contributed by atoms with Crippen molar-refractivity contribution in [2.45, 2.75) is 37.9 Å². The maximum absolute atomic E-state index is 9.15. The van der Waals surface area contributed by atoms with Crippen LogP contribution in [0.25, 0.3) is 0 Å². The van der Waals surface area contributed by atoms with Crippen LogP contribution in [-0.4, -0.2) is 35.4 Å². The molecule has 1 heterocycles. The molecule has 1 aliphatic carbocycles. The van der Waals surface area contributed by atoms with Gasteiger partial charge in [0.2, 0.25) is 0 Å². The zero-order valence-corrected chi connectivity index (χ0v) is 10.8. The second-order valence-electron chi connectivity index (χ2n) is 4.57. The molecule has 1 saturated carbocycles. The van der Waals surface area contributed by atoms with E-state index in [1.165, 1.54) is 0 Å². The standard InChI is InChI=1S/C13H20N2O3/c1-17-8-9-18-13(5-2-3-6-13)12-14-7-4-11(10-16)15-12/h4,7,16H,2-3,5-6,8-10H2,1H3. The van der Waals surface area contributed by atoms with Crippen LogP contribution in [0.15, 0.2) is 12.3 Å². The number of hydrogen-bond acceptors (Lipinski definition) is 5. The SMILES string of the molecule is COCCOC1(c2nccc(CO)n2)CCCC1. The van der Waals surface area contributed by atoms with Gasteiger partial charge in [-0.05, 0) is 31.7 Å². The number of aliphatic hydroxyl groups excluding tert-OH is 1. The van der Waals surface area contributed by atoms with E-state index >= 15 is 0 Å². The molecule has 18 heavy (non-hydrogen) atoms. The summed E-state index contributed by atoms with van der Waals surface area (Å²) in [5, 5.41) is 9.15. The topological polar surface area (TPSA) is 64.5 Å². The largest absolute Gasteiger partial charge is 0.390 e. The lowest BCUT2D eigenvalue weighted by atomic mass is 10.0. The van der Waals surface area contributed by atoms with Gasteiger partial charge in [0.1, 0.15) is 5.60 Å². The highest BCUT2D eigenvalue weighted by atomic mass is 16.5. The zero-order valence-electron chi connectivity index (χ0n) is 10.8. The summed E-state index contributed by atoms with van der Waals surface area (Å²) >= 11 is 0. The Bertz CT molecular complexity index is 378. The van der Waals surface area contributed by atoms with Crippen LogP contribution in [0.2, 0.25) is 0 Å². The summed E-state index contributed by atoms with van der Waals surface area (Å²) in [5.74, 6) is 0.697. The Morgan fingerprint density at radius 1 is 1.33 bits per heavy atom. The molecule has 1 N–H and O–H groups in total. The summed E-state index contributed by atoms with van der Waals surface area (Å²) in [7, 11) is 1.66. The molecule has 1 aromatic heterocycles. The van der Waals surface area contributed by atoms with Crippen LogP contribution in [0.1, 0.15) is 37.2 Å². The Kier molecular flexibility index (Phi) is 4.63. The minimum Gasteiger partial charge on any atom is -0.390 e. The normalized spacial score (nSPS) is 18.1. The summed E-state index contributed by atoms with van der Waals surface area (Å²) in [6, 6.07) is 1.72. The van der Waals surface area contributed by atoms with Crippen molar-refractivity contribution in [1.82, 2.24) is 9.97 Å². The fraction of sp³-hybridized carbons (Fsp3) is 0.692. The summed E-state index contributed by atoms with van der Waals surface area (Å²) in [5.41, 5.74) is 0.255. The molecule has 1 aliphatic rings. The highest BCUT2D eigenvalue weighted by Gasteiger charge is 2.39. The molecule has 2 rings (SSSR count). The summed E-state index contributed by atoms with van der Waals surface area (Å²) in [4.78, 5) is 8.73. The quantitative estimate of drug-likeness (QED) is 0.775. The van der Waals surface area contributed by atoms with Gasteiger partial charge in [0.25, 0.3) is 0 Å². The summed E-state index contributed by atoms with van der Waals surface area (Å²) < 4.78 is 11.0. The minimum atomic E-state index is -0.385. The molecule has 0 bridgehead atoms. The van der Waals surface area contributed by atoms with E-state index in [0.717, 1.165) is 25.7 Å². The molecule has 0 amide bonds. The van der Waals surface area contributed by atoms with Crippen LogP contribution in [-0.2, 0) is 21.7 Å². The van der Waals surface area contributed by atoms with Crippen LogP contribution in [0.5, 0.6) is 0 Å². The highest BCUT2D eigenvalue weighted by Crippen LogP contribution is 2.40. The van der Waals surface area contributed by atoms with E-state index in [0.29, 0.717) is 24.7 Å². The number of rotatable bonds is 6. The molecule has 0 radical (unpaired) electrons. The predicted molar refractivity (Wildman–Crippen MR) is 65.9 cm³/mol. The van der Waals surface area contributed by atoms with Gasteiger partial charge in [0.15, 0.2) is 5.82 Å². The van der Waals surface area contributed by atoms with Crippen molar-refractivity contribution in [3.05, 3.63) is 23.8 Å². The van der Waals surface area contributed by atoms with Crippen LogP contribution >= 0.6 is 0 Å². The Balaban J connectivity index is 2.17. The number of ether oxygens (including phenoxy) is 2. The van der Waals surface area contributed by atoms with Crippen LogP contribution < -0.4 is 0 Å². The summed E-state index contributed by atoms with van der Waals surface area (Å²) in [6.45, 7) is 1.05. The summed E-state index contributed by atoms with van der Waals surface area (Å²) in [6.07, 6.45) is 5.81. The van der Waals surface area contributed by atoms with Gasteiger partial charge in [-0.15, -0.1) is 0 Å². The maximum atomic E-state index is 9.15. The molecule has 0 aliphatic heterocycles. The monoisotopic (exact) mass is 252 g/mol. The molecule has 5 nitrogen and oxygen atoms in total. The average Bonchev–Trinajstić information content (AvgIpc) is 2.89. The molecular formula is C13H20N2O3. The third-order valence-electron chi connectivity index (χ3n) is 3.36. The van der Waals surface area contributed by atoms with E-state index in [1.807, 2.05) is 0 Å². The molecule has 5 heteroatoms. The molecule has 0 saturated heterocycles. The molecular weight excluding hydrogens is 232 g/mol. The van der Waals surface area contributed by atoms with Gasteiger partial charge in [-0.25, -0.2) is 9.97 Å². The van der Waals surface area contributed by atoms with Gasteiger partial charge in [-0.1, -0.05) is 0 Å². The van der Waals surface area contributed by atoms with Gasteiger partial charge >= 0.3 is 0 Å². The Morgan fingerprint density at radius 2 is 2.11 bits per heavy atom. The fourth-order valence-electron chi connectivity index (χ4n) is 2.40. The molecule has 100 valence electrons. The highest BCUT2D eigenvalue weighted by molar-refractivity contribution is 5.10. The van der Waals surface area contributed by atoms with Crippen molar-refractivity contribution < 1.29 is 14.6 Å². The Labute approximate surface area is 107 Å². The van der Waals surface area contributed by atoms with Crippen molar-refractivity contribution in [3.63, 3.8) is 0 Å². The number of hydrogen-bond donors (Lipinski definition) is 1. The van der Waals surface area contributed by atoms with Crippen molar-refractivity contribution >= 4 is 0 Å². The average molecular weight is 252 g/mol. The molecule has 1 aromatic rings. The lowest BCUT2D eigenvalue weighted by Crippen LogP contribution is -2.30. The zero-order chi connectivity index (χ0) is 12.8. The van der Waals surface area contributed by atoms with E-state index in [4.69, 9.17) is 14.6 Å². The first-order chi connectivity index (χ1) is 8.80. The minimum absolute atomic E-state index is 0.0658. The van der Waals surface area contributed by atoms with Gasteiger partial charge < -0.3 is 14.6 Å². The van der Waals surface area contributed by atoms with E-state index in [1.54, 1.807) is 19.4 Å². The molecule has 0 unspecified atom stereocenters. The number of aromatic nitrogens is 2. The smallest absolute Gasteiger partial charge is 0.160 e. The number of aliphatic hydroxyl groups is 1. The van der Waals surface area contributed by atoms with Crippen LogP contribution in [0.3, 0.4) is 0 Å². The van der Waals surface area contributed by atoms with Crippen LogP contribution in [0, 0.1) is 0 Å². The Hall–Kier alpha value is -1.04. The molecule has 0 aromatic carbocycles. The fourth-order valence-corrected chi connectivity index (χ4v) is 2.40. The Morgan fingerprint density at radius 3 is 2.78 bits per heavy atom. The lowest BCUT2D eigenvalue weighted by molar-refractivity contribution is -0.0693. The predicted octanol–water partition coefficient (Wildman–Crippen LogP) is 1.40. The second kappa shape index (κ2) is 6.22. The molecule has 0 spiro atoms. The van der Waals surface area contributed by atoms with Gasteiger partial charge in [0, 0.05) is 13.3 Å². The van der Waals surface area contributed by atoms with E-state index in [-0.39, 0.29) is 12.2 Å². The number of nitrogens with zero attached hydrogens (tertiary/aromatic N) is 2. The lowest BCUT2D eigenvalue weighted by Gasteiger charge is -2.27. The first kappa shape index (κ1) is 13.4. The second-order valence-corrected chi connectivity index (χ2v) is 4.57. The van der Waals surface area contributed by atoms with Crippen molar-refractivity contribution in [2.75, 3.05) is 20.3 Å². The van der Waals surface area contributed by atoms with E-state index < -0.39 is 0 Å². The maximum Gasteiger partial charge on any atom is 0.160 e.